The van der Waals surface area contributed by atoms with Gasteiger partial charge >= 0.3 is 0 Å². The molecule has 0 aromatic carbocycles. The van der Waals surface area contributed by atoms with Crippen molar-refractivity contribution in [3.63, 3.8) is 0 Å². The van der Waals surface area contributed by atoms with Crippen LogP contribution in [0.5, 0.6) is 0 Å². The van der Waals surface area contributed by atoms with Crippen LogP contribution in [-0.4, -0.2) is 45.4 Å². The normalized spacial score (nSPS) is 21.3. The zero-order valence-corrected chi connectivity index (χ0v) is 18.7. The molecule has 1 saturated carbocycles. The Balaban J connectivity index is 1.86. The third-order valence-corrected chi connectivity index (χ3v) is 6.80. The van der Waals surface area contributed by atoms with Crippen molar-refractivity contribution in [2.24, 2.45) is 11.1 Å². The Morgan fingerprint density at radius 1 is 1.32 bits per heavy atom. The minimum Gasteiger partial charge on any atom is -0.396 e. The highest BCUT2D eigenvalue weighted by atomic mass is 32.1. The van der Waals surface area contributed by atoms with Gasteiger partial charge in [-0.2, -0.15) is 0 Å². The van der Waals surface area contributed by atoms with Crippen LogP contribution >= 0.6 is 11.3 Å². The molecule has 9 nitrogen and oxygen atoms in total. The summed E-state index contributed by atoms with van der Waals surface area (Å²) in [5, 5.41) is 26.9. The molecule has 2 aromatic heterocycles. The van der Waals surface area contributed by atoms with E-state index >= 15 is 0 Å². The molecule has 0 bridgehead atoms. The molecule has 1 unspecified atom stereocenters. The molecule has 2 aliphatic rings. The Labute approximate surface area is 185 Å². The first-order valence-electron chi connectivity index (χ1n) is 10.3. The van der Waals surface area contributed by atoms with Crippen LogP contribution in [0.15, 0.2) is 17.8 Å². The minimum absolute atomic E-state index is 0.179. The molecule has 1 atom stereocenters. The zero-order chi connectivity index (χ0) is 22.3. The molecule has 1 aliphatic carbocycles. The Bertz CT molecular complexity index is 1050. The summed E-state index contributed by atoms with van der Waals surface area (Å²) in [6.07, 6.45) is 8.34. The van der Waals surface area contributed by atoms with Crippen LogP contribution in [0.3, 0.4) is 0 Å². The second-order valence-corrected chi connectivity index (χ2v) is 9.55. The second kappa shape index (κ2) is 7.84. The van der Waals surface area contributed by atoms with Gasteiger partial charge in [0, 0.05) is 23.8 Å². The predicted octanol–water partition coefficient (Wildman–Crippen LogP) is 3.59. The number of thiazole rings is 1. The van der Waals surface area contributed by atoms with Crippen LogP contribution < -0.4 is 15.5 Å². The topological polar surface area (TPSA) is 143 Å². The third kappa shape index (κ3) is 3.50. The van der Waals surface area contributed by atoms with E-state index in [0.717, 1.165) is 31.8 Å². The average molecular weight is 438 g/mol. The van der Waals surface area contributed by atoms with E-state index in [1.165, 1.54) is 16.2 Å². The van der Waals surface area contributed by atoms with Crippen LogP contribution in [0.1, 0.15) is 50.9 Å². The van der Waals surface area contributed by atoms with Gasteiger partial charge in [-0.05, 0) is 24.7 Å². The fraction of sp³-hybridized carbons (Fsp3) is 0.429. The maximum atomic E-state index is 8.70. The van der Waals surface area contributed by atoms with Crippen molar-refractivity contribution >= 4 is 52.5 Å². The highest BCUT2D eigenvalue weighted by Gasteiger charge is 2.46. The maximum absolute atomic E-state index is 8.70. The fourth-order valence-corrected chi connectivity index (χ4v) is 5.14. The molecule has 4 rings (SSSR count). The van der Waals surface area contributed by atoms with Crippen molar-refractivity contribution in [1.29, 1.82) is 16.2 Å². The summed E-state index contributed by atoms with van der Waals surface area (Å²) in [5.74, 6) is 1.39. The lowest BCUT2D eigenvalue weighted by molar-refractivity contribution is 0.142. The number of hydrogen-bond acceptors (Lipinski definition) is 9. The summed E-state index contributed by atoms with van der Waals surface area (Å²) >= 11 is 1.40. The molecule has 2 aromatic rings. The summed E-state index contributed by atoms with van der Waals surface area (Å²) < 4.78 is 0. The molecule has 0 saturated heterocycles. The minimum atomic E-state index is -0.179. The number of anilines is 2. The first-order chi connectivity index (χ1) is 14.8. The first-order valence-corrected chi connectivity index (χ1v) is 11.1. The molecule has 5 N–H and O–H groups in total. The highest BCUT2D eigenvalue weighted by molar-refractivity contribution is 7.10. The number of nitrogens with two attached hydrogens (primary N) is 1. The van der Waals surface area contributed by atoms with Gasteiger partial charge in [0.05, 0.1) is 29.8 Å². The van der Waals surface area contributed by atoms with Crippen molar-refractivity contribution in [2.45, 2.75) is 52.1 Å². The number of rotatable bonds is 6. The molecule has 1 aliphatic heterocycles. The van der Waals surface area contributed by atoms with Gasteiger partial charge < -0.3 is 16.0 Å². The van der Waals surface area contributed by atoms with E-state index in [2.05, 4.69) is 35.6 Å². The molecule has 0 spiro atoms. The molecule has 0 amide bonds. The van der Waals surface area contributed by atoms with Crippen molar-refractivity contribution in [1.82, 2.24) is 15.0 Å². The molecule has 10 heteroatoms. The van der Waals surface area contributed by atoms with Crippen molar-refractivity contribution in [2.75, 3.05) is 9.80 Å². The molecule has 3 heterocycles. The molecule has 1 fully saturated rings. The molecular weight excluding hydrogens is 410 g/mol. The van der Waals surface area contributed by atoms with Gasteiger partial charge in [-0.25, -0.2) is 15.0 Å². The third-order valence-electron chi connectivity index (χ3n) is 5.99. The number of allylic oxidation sites excluding steroid dienone is 1. The standard InChI is InChI=1S/C21H27N9S/c1-4-14-17(25)29(11-23)15-10-27-18(13(9-22)16(24)20-26-5-6-31-20)28-19(15)30(14)12-7-21(2,3)8-12/h5-6,9-12,14,22-23,25H,4,7-8,24H2,1-3H3/b16-13+,22-9?,23-11?,25-17?. The predicted molar refractivity (Wildman–Crippen MR) is 126 cm³/mol. The van der Waals surface area contributed by atoms with Crippen LogP contribution in [0.4, 0.5) is 11.5 Å². The van der Waals surface area contributed by atoms with Gasteiger partial charge in [-0.1, -0.05) is 20.8 Å². The summed E-state index contributed by atoms with van der Waals surface area (Å²) in [4.78, 5) is 17.3. The van der Waals surface area contributed by atoms with E-state index in [1.54, 1.807) is 12.4 Å². The van der Waals surface area contributed by atoms with E-state index in [1.807, 2.05) is 5.38 Å². The Morgan fingerprint density at radius 2 is 2.06 bits per heavy atom. The van der Waals surface area contributed by atoms with Crippen molar-refractivity contribution < 1.29 is 0 Å². The number of aromatic nitrogens is 3. The molecule has 162 valence electrons. The fourth-order valence-electron chi connectivity index (χ4n) is 4.53. The number of nitrogens with one attached hydrogen (secondary N) is 3. The largest absolute Gasteiger partial charge is 0.396 e. The van der Waals surface area contributed by atoms with Gasteiger partial charge in [0.25, 0.3) is 0 Å². The van der Waals surface area contributed by atoms with E-state index in [4.69, 9.17) is 26.9 Å². The lowest BCUT2D eigenvalue weighted by atomic mass is 9.67. The summed E-state index contributed by atoms with van der Waals surface area (Å²) in [7, 11) is 0. The van der Waals surface area contributed by atoms with Gasteiger partial charge in [-0.3, -0.25) is 15.7 Å². The zero-order valence-electron chi connectivity index (χ0n) is 17.9. The number of hydrogen-bond donors (Lipinski definition) is 4. The maximum Gasteiger partial charge on any atom is 0.165 e. The lowest BCUT2D eigenvalue weighted by Crippen LogP contribution is -2.60. The lowest BCUT2D eigenvalue weighted by Gasteiger charge is -2.53. The van der Waals surface area contributed by atoms with Gasteiger partial charge in [0.1, 0.15) is 16.5 Å². The Kier molecular flexibility index (Phi) is 5.34. The summed E-state index contributed by atoms with van der Waals surface area (Å²) in [6, 6.07) is 0.0834. The van der Waals surface area contributed by atoms with Gasteiger partial charge in [0.15, 0.2) is 11.6 Å². The SMILES string of the molecule is CCC1C(=N)N(C=N)c2cnc(/C(C=N)=C(/N)c3nccs3)nc2N1C1CC(C)(C)C1. The molecule has 0 radical (unpaired) electrons. The van der Waals surface area contributed by atoms with Crippen molar-refractivity contribution in [3.8, 4) is 0 Å². The van der Waals surface area contributed by atoms with Crippen LogP contribution in [0.2, 0.25) is 0 Å². The van der Waals surface area contributed by atoms with Gasteiger partial charge in [0.2, 0.25) is 0 Å². The summed E-state index contributed by atoms with van der Waals surface area (Å²) in [5.41, 5.74) is 7.93. The smallest absolute Gasteiger partial charge is 0.165 e. The Morgan fingerprint density at radius 3 is 2.61 bits per heavy atom. The van der Waals surface area contributed by atoms with E-state index < -0.39 is 0 Å². The van der Waals surface area contributed by atoms with Crippen LogP contribution in [0, 0.1) is 21.6 Å². The quantitative estimate of drug-likeness (QED) is 0.402. The number of amidine groups is 1. The van der Waals surface area contributed by atoms with E-state index in [0.29, 0.717) is 39.4 Å². The van der Waals surface area contributed by atoms with Crippen LogP contribution in [-0.2, 0) is 0 Å². The monoisotopic (exact) mass is 437 g/mol. The summed E-state index contributed by atoms with van der Waals surface area (Å²) in [6.45, 7) is 6.55. The van der Waals surface area contributed by atoms with Crippen molar-refractivity contribution in [3.05, 3.63) is 28.6 Å². The number of nitrogens with zero attached hydrogens (tertiary/aromatic N) is 5. The molecular formula is C21H27N9S. The van der Waals surface area contributed by atoms with Gasteiger partial charge in [-0.15, -0.1) is 11.3 Å². The number of fused-ring (bicyclic) bond motifs is 1. The van der Waals surface area contributed by atoms with E-state index in [-0.39, 0.29) is 17.5 Å². The highest BCUT2D eigenvalue weighted by Crippen LogP contribution is 2.48. The first kappa shape index (κ1) is 21.1. The average Bonchev–Trinajstić information content (AvgIpc) is 3.26. The Hall–Kier alpha value is -3.14. The second-order valence-electron chi connectivity index (χ2n) is 8.65. The molecule has 31 heavy (non-hydrogen) atoms. The van der Waals surface area contributed by atoms with Crippen LogP contribution in [0.25, 0.3) is 11.3 Å². The van der Waals surface area contributed by atoms with E-state index in [9.17, 15) is 0 Å².